The molecule has 0 spiro atoms. The summed E-state index contributed by atoms with van der Waals surface area (Å²) in [5, 5.41) is 11.6. The second-order valence-corrected chi connectivity index (χ2v) is 7.75. The predicted octanol–water partition coefficient (Wildman–Crippen LogP) is 4.61. The highest BCUT2D eigenvalue weighted by Crippen LogP contribution is 2.38. The fraction of sp³-hybridized carbons (Fsp3) is 0.500. The van der Waals surface area contributed by atoms with E-state index in [1.54, 1.807) is 0 Å². The third kappa shape index (κ3) is 6.45. The first kappa shape index (κ1) is 23.7. The minimum Gasteiger partial charge on any atom is -0.494 e. The number of aliphatic hydroxyl groups is 1. The summed E-state index contributed by atoms with van der Waals surface area (Å²) in [5.74, 6) is 0.830. The van der Waals surface area contributed by atoms with E-state index in [2.05, 4.69) is 24.0 Å². The lowest BCUT2D eigenvalue weighted by molar-refractivity contribution is -0.0107. The van der Waals surface area contributed by atoms with Crippen LogP contribution < -0.4 is 4.74 Å². The zero-order valence-electron chi connectivity index (χ0n) is 17.5. The van der Waals surface area contributed by atoms with Crippen LogP contribution in [-0.4, -0.2) is 49.5 Å². The molecule has 2 aromatic rings. The van der Waals surface area contributed by atoms with Crippen LogP contribution >= 0.6 is 12.4 Å². The lowest BCUT2D eigenvalue weighted by atomic mass is 9.78. The van der Waals surface area contributed by atoms with Crippen molar-refractivity contribution in [2.45, 2.75) is 38.2 Å². The van der Waals surface area contributed by atoms with Crippen LogP contribution in [0, 0.1) is 0 Å². The standard InChI is InChI=1S/C24H33NO3.ClH/c1-3-4-16-28-22-12-10-21(11-13-22)24(2,26)23(20-8-6-5-7-9-20)19-25-14-17-27-18-15-25;/h5-13,23,26H,3-4,14-19H2,1-2H3;1H. The quantitative estimate of drug-likeness (QED) is 0.602. The van der Waals surface area contributed by atoms with Crippen LogP contribution in [0.2, 0.25) is 0 Å². The summed E-state index contributed by atoms with van der Waals surface area (Å²) < 4.78 is 11.3. The molecule has 1 fully saturated rings. The molecule has 0 aliphatic carbocycles. The number of rotatable bonds is 9. The molecule has 2 unspecified atom stereocenters. The van der Waals surface area contributed by atoms with Crippen molar-refractivity contribution >= 4 is 12.4 Å². The minimum absolute atomic E-state index is 0. The van der Waals surface area contributed by atoms with Crippen LogP contribution in [-0.2, 0) is 10.3 Å². The summed E-state index contributed by atoms with van der Waals surface area (Å²) in [6.07, 6.45) is 2.17. The Balaban J connectivity index is 0.00000300. The van der Waals surface area contributed by atoms with Gasteiger partial charge in [-0.25, -0.2) is 0 Å². The molecular weight excluding hydrogens is 386 g/mol. The smallest absolute Gasteiger partial charge is 0.119 e. The van der Waals surface area contributed by atoms with Crippen LogP contribution in [0.3, 0.4) is 0 Å². The van der Waals surface area contributed by atoms with Crippen LogP contribution in [0.25, 0.3) is 0 Å². The van der Waals surface area contributed by atoms with Crippen molar-refractivity contribution in [1.82, 2.24) is 4.90 Å². The average molecular weight is 420 g/mol. The summed E-state index contributed by atoms with van der Waals surface area (Å²) in [5.41, 5.74) is 1.08. The van der Waals surface area contributed by atoms with E-state index >= 15 is 0 Å². The molecular formula is C24H34ClNO3. The van der Waals surface area contributed by atoms with E-state index in [1.165, 1.54) is 0 Å². The number of halogens is 1. The Morgan fingerprint density at radius 1 is 1.07 bits per heavy atom. The molecule has 0 bridgehead atoms. The van der Waals surface area contributed by atoms with Crippen molar-refractivity contribution in [1.29, 1.82) is 0 Å². The Hall–Kier alpha value is -1.59. The van der Waals surface area contributed by atoms with E-state index in [-0.39, 0.29) is 18.3 Å². The maximum Gasteiger partial charge on any atom is 0.119 e. The third-order valence-corrected chi connectivity index (χ3v) is 5.63. The molecule has 1 aliphatic heterocycles. The Bertz CT molecular complexity index is 700. The first-order chi connectivity index (χ1) is 13.6. The number of morpholine rings is 1. The number of nitrogens with zero attached hydrogens (tertiary/aromatic N) is 1. The second-order valence-electron chi connectivity index (χ2n) is 7.75. The molecule has 2 aromatic carbocycles. The topological polar surface area (TPSA) is 41.9 Å². The summed E-state index contributed by atoms with van der Waals surface area (Å²) in [7, 11) is 0. The van der Waals surface area contributed by atoms with Crippen LogP contribution in [0.1, 0.15) is 43.7 Å². The third-order valence-electron chi connectivity index (χ3n) is 5.63. The van der Waals surface area contributed by atoms with E-state index in [0.717, 1.165) is 69.2 Å². The first-order valence-electron chi connectivity index (χ1n) is 10.4. The molecule has 5 heteroatoms. The van der Waals surface area contributed by atoms with Crippen molar-refractivity contribution in [3.05, 3.63) is 65.7 Å². The Labute approximate surface area is 181 Å². The molecule has 1 saturated heterocycles. The zero-order valence-corrected chi connectivity index (χ0v) is 18.4. The highest BCUT2D eigenvalue weighted by atomic mass is 35.5. The zero-order chi connectivity index (χ0) is 19.8. The predicted molar refractivity (Wildman–Crippen MR) is 120 cm³/mol. The Morgan fingerprint density at radius 3 is 2.34 bits per heavy atom. The SMILES string of the molecule is CCCCOc1ccc(C(C)(O)C(CN2CCOCC2)c2ccccc2)cc1.Cl. The first-order valence-corrected chi connectivity index (χ1v) is 10.4. The van der Waals surface area contributed by atoms with Gasteiger partial charge in [0.25, 0.3) is 0 Å². The van der Waals surface area contributed by atoms with Gasteiger partial charge in [0.1, 0.15) is 5.75 Å². The van der Waals surface area contributed by atoms with Gasteiger partial charge in [0.15, 0.2) is 0 Å². The van der Waals surface area contributed by atoms with Gasteiger partial charge in [0, 0.05) is 25.6 Å². The van der Waals surface area contributed by atoms with Crippen molar-refractivity contribution in [3.8, 4) is 5.75 Å². The van der Waals surface area contributed by atoms with E-state index < -0.39 is 5.60 Å². The molecule has 1 aliphatic rings. The number of benzene rings is 2. The summed E-state index contributed by atoms with van der Waals surface area (Å²) in [4.78, 5) is 2.39. The molecule has 1 heterocycles. The van der Waals surface area contributed by atoms with E-state index in [0.29, 0.717) is 0 Å². The highest BCUT2D eigenvalue weighted by molar-refractivity contribution is 5.85. The van der Waals surface area contributed by atoms with Crippen molar-refractivity contribution in [2.75, 3.05) is 39.5 Å². The van der Waals surface area contributed by atoms with Crippen LogP contribution in [0.4, 0.5) is 0 Å². The molecule has 29 heavy (non-hydrogen) atoms. The fourth-order valence-corrected chi connectivity index (χ4v) is 3.76. The van der Waals surface area contributed by atoms with Gasteiger partial charge in [-0.1, -0.05) is 55.8 Å². The van der Waals surface area contributed by atoms with Gasteiger partial charge in [-0.15, -0.1) is 12.4 Å². The van der Waals surface area contributed by atoms with Gasteiger partial charge >= 0.3 is 0 Å². The number of hydrogen-bond donors (Lipinski definition) is 1. The van der Waals surface area contributed by atoms with E-state index in [9.17, 15) is 5.11 Å². The number of ether oxygens (including phenoxy) is 2. The Morgan fingerprint density at radius 2 is 1.72 bits per heavy atom. The van der Waals surface area contributed by atoms with Gasteiger partial charge in [-0.2, -0.15) is 0 Å². The Kier molecular flexibility index (Phi) is 9.44. The lowest BCUT2D eigenvalue weighted by Gasteiger charge is -2.38. The largest absolute Gasteiger partial charge is 0.494 e. The second kappa shape index (κ2) is 11.6. The normalized spacial score (nSPS) is 17.8. The maximum atomic E-state index is 11.6. The summed E-state index contributed by atoms with van der Waals surface area (Å²) in [6.45, 7) is 8.94. The summed E-state index contributed by atoms with van der Waals surface area (Å²) >= 11 is 0. The van der Waals surface area contributed by atoms with Gasteiger partial charge in [0.2, 0.25) is 0 Å². The monoisotopic (exact) mass is 419 g/mol. The molecule has 0 amide bonds. The van der Waals surface area contributed by atoms with Gasteiger partial charge < -0.3 is 14.6 Å². The number of unbranched alkanes of at least 4 members (excludes halogenated alkanes) is 1. The van der Waals surface area contributed by atoms with Crippen molar-refractivity contribution in [3.63, 3.8) is 0 Å². The van der Waals surface area contributed by atoms with Crippen molar-refractivity contribution in [2.24, 2.45) is 0 Å². The van der Waals surface area contributed by atoms with Crippen LogP contribution in [0.5, 0.6) is 5.75 Å². The summed E-state index contributed by atoms with van der Waals surface area (Å²) in [6, 6.07) is 18.3. The lowest BCUT2D eigenvalue weighted by Crippen LogP contribution is -2.43. The molecule has 2 atom stereocenters. The molecule has 3 rings (SSSR count). The molecule has 0 aromatic heterocycles. The number of hydrogen-bond acceptors (Lipinski definition) is 4. The highest BCUT2D eigenvalue weighted by Gasteiger charge is 2.36. The van der Waals surface area contributed by atoms with Crippen LogP contribution in [0.15, 0.2) is 54.6 Å². The van der Waals surface area contributed by atoms with Crippen molar-refractivity contribution < 1.29 is 14.6 Å². The maximum absolute atomic E-state index is 11.6. The molecule has 160 valence electrons. The fourth-order valence-electron chi connectivity index (χ4n) is 3.76. The van der Waals surface area contributed by atoms with E-state index in [1.807, 2.05) is 49.4 Å². The molecule has 0 saturated carbocycles. The average Bonchev–Trinajstić information content (AvgIpc) is 2.74. The minimum atomic E-state index is -0.985. The van der Waals surface area contributed by atoms with Gasteiger partial charge in [-0.05, 0) is 36.6 Å². The van der Waals surface area contributed by atoms with E-state index in [4.69, 9.17) is 9.47 Å². The molecule has 0 radical (unpaired) electrons. The molecule has 4 nitrogen and oxygen atoms in total. The molecule has 1 N–H and O–H groups in total. The van der Waals surface area contributed by atoms with Gasteiger partial charge in [-0.3, -0.25) is 4.90 Å². The van der Waals surface area contributed by atoms with Gasteiger partial charge in [0.05, 0.1) is 25.4 Å².